The van der Waals surface area contributed by atoms with Crippen molar-refractivity contribution in [1.29, 1.82) is 0 Å². The van der Waals surface area contributed by atoms with Gasteiger partial charge in [-0.15, -0.1) is 0 Å². The summed E-state index contributed by atoms with van der Waals surface area (Å²) < 4.78 is 5.34. The Bertz CT molecular complexity index is 435. The Labute approximate surface area is 118 Å². The molecule has 19 heavy (non-hydrogen) atoms. The zero-order chi connectivity index (χ0) is 14.4. The molecule has 2 N–H and O–H groups in total. The van der Waals surface area contributed by atoms with Gasteiger partial charge in [-0.2, -0.15) is 0 Å². The zero-order valence-electron chi connectivity index (χ0n) is 11.4. The number of nitrogens with one attached hydrogen (secondary N) is 1. The van der Waals surface area contributed by atoms with Crippen LogP contribution in [0.4, 0.5) is 0 Å². The number of aliphatic hydroxyl groups excluding tert-OH is 1. The molecule has 5 heteroatoms. The van der Waals surface area contributed by atoms with Gasteiger partial charge in [-0.05, 0) is 36.6 Å². The molecule has 1 aromatic rings. The Morgan fingerprint density at radius 1 is 1.47 bits per heavy atom. The largest absolute Gasteiger partial charge is 0.484 e. The second kappa shape index (κ2) is 7.36. The average Bonchev–Trinajstić information content (AvgIpc) is 2.37. The molecule has 0 aliphatic heterocycles. The lowest BCUT2D eigenvalue weighted by Crippen LogP contribution is -2.37. The number of ether oxygens (including phenoxy) is 1. The summed E-state index contributed by atoms with van der Waals surface area (Å²) >= 11 is 5.89. The summed E-state index contributed by atoms with van der Waals surface area (Å²) in [4.78, 5) is 11.5. The van der Waals surface area contributed by atoms with Gasteiger partial charge < -0.3 is 15.2 Å². The van der Waals surface area contributed by atoms with E-state index >= 15 is 0 Å². The SMILES string of the molecule is Cc1cc(OCC(=O)NCC(O)C(C)C)ccc1Cl. The molecule has 0 spiro atoms. The smallest absolute Gasteiger partial charge is 0.258 e. The van der Waals surface area contributed by atoms with Crippen LogP contribution in [0.2, 0.25) is 5.02 Å². The van der Waals surface area contributed by atoms with Crippen LogP contribution in [0.15, 0.2) is 18.2 Å². The van der Waals surface area contributed by atoms with Crippen LogP contribution in [-0.4, -0.2) is 30.3 Å². The summed E-state index contributed by atoms with van der Waals surface area (Å²) in [6.45, 7) is 5.81. The van der Waals surface area contributed by atoms with Crippen molar-refractivity contribution in [2.75, 3.05) is 13.2 Å². The van der Waals surface area contributed by atoms with E-state index in [9.17, 15) is 9.90 Å². The third-order valence-corrected chi connectivity index (χ3v) is 3.20. The Morgan fingerprint density at radius 3 is 2.74 bits per heavy atom. The van der Waals surface area contributed by atoms with E-state index in [1.54, 1.807) is 18.2 Å². The number of carbonyl (C=O) groups excluding carboxylic acids is 1. The lowest BCUT2D eigenvalue weighted by atomic mass is 10.1. The number of halogens is 1. The zero-order valence-corrected chi connectivity index (χ0v) is 12.2. The van der Waals surface area contributed by atoms with Crippen LogP contribution in [0.3, 0.4) is 0 Å². The minimum Gasteiger partial charge on any atom is -0.484 e. The molecule has 0 aromatic heterocycles. The van der Waals surface area contributed by atoms with Crippen LogP contribution in [-0.2, 0) is 4.79 Å². The first-order valence-corrected chi connectivity index (χ1v) is 6.61. The van der Waals surface area contributed by atoms with E-state index in [0.717, 1.165) is 5.56 Å². The van der Waals surface area contributed by atoms with E-state index in [-0.39, 0.29) is 25.0 Å². The molecule has 106 valence electrons. The summed E-state index contributed by atoms with van der Waals surface area (Å²) in [5, 5.41) is 12.8. The van der Waals surface area contributed by atoms with E-state index in [4.69, 9.17) is 16.3 Å². The van der Waals surface area contributed by atoms with Gasteiger partial charge in [-0.25, -0.2) is 0 Å². The molecule has 1 amide bonds. The van der Waals surface area contributed by atoms with Crippen molar-refractivity contribution in [3.8, 4) is 5.75 Å². The van der Waals surface area contributed by atoms with Gasteiger partial charge in [-0.3, -0.25) is 4.79 Å². The molecule has 0 aliphatic carbocycles. The average molecular weight is 286 g/mol. The minimum absolute atomic E-state index is 0.0775. The number of rotatable bonds is 6. The van der Waals surface area contributed by atoms with Crippen molar-refractivity contribution in [2.45, 2.75) is 26.9 Å². The van der Waals surface area contributed by atoms with Gasteiger partial charge in [-0.1, -0.05) is 25.4 Å². The van der Waals surface area contributed by atoms with Crippen LogP contribution >= 0.6 is 11.6 Å². The molecule has 0 fully saturated rings. The molecule has 0 heterocycles. The van der Waals surface area contributed by atoms with Crippen molar-refractivity contribution < 1.29 is 14.6 Å². The third kappa shape index (κ3) is 5.49. The van der Waals surface area contributed by atoms with E-state index in [1.807, 2.05) is 20.8 Å². The third-order valence-electron chi connectivity index (χ3n) is 2.78. The number of aliphatic hydroxyl groups is 1. The van der Waals surface area contributed by atoms with E-state index in [0.29, 0.717) is 10.8 Å². The van der Waals surface area contributed by atoms with Gasteiger partial charge in [0.05, 0.1) is 6.10 Å². The van der Waals surface area contributed by atoms with Crippen molar-refractivity contribution in [3.63, 3.8) is 0 Å². The van der Waals surface area contributed by atoms with Crippen LogP contribution in [0.5, 0.6) is 5.75 Å². The highest BCUT2D eigenvalue weighted by molar-refractivity contribution is 6.31. The summed E-state index contributed by atoms with van der Waals surface area (Å²) in [6, 6.07) is 5.22. The summed E-state index contributed by atoms with van der Waals surface area (Å²) in [5.74, 6) is 0.453. The highest BCUT2D eigenvalue weighted by atomic mass is 35.5. The molecule has 1 aromatic carbocycles. The first-order chi connectivity index (χ1) is 8.90. The highest BCUT2D eigenvalue weighted by Gasteiger charge is 2.11. The number of hydrogen-bond donors (Lipinski definition) is 2. The Morgan fingerprint density at radius 2 is 2.16 bits per heavy atom. The summed E-state index contributed by atoms with van der Waals surface area (Å²) in [7, 11) is 0. The maximum atomic E-state index is 11.5. The monoisotopic (exact) mass is 285 g/mol. The normalized spacial score (nSPS) is 12.3. The lowest BCUT2D eigenvalue weighted by Gasteiger charge is -2.15. The van der Waals surface area contributed by atoms with E-state index < -0.39 is 6.10 Å². The predicted octanol–water partition coefficient (Wildman–Crippen LogP) is 2.16. The predicted molar refractivity (Wildman–Crippen MR) is 75.5 cm³/mol. The van der Waals surface area contributed by atoms with Crippen molar-refractivity contribution in [2.24, 2.45) is 5.92 Å². The lowest BCUT2D eigenvalue weighted by molar-refractivity contribution is -0.123. The van der Waals surface area contributed by atoms with E-state index in [2.05, 4.69) is 5.32 Å². The van der Waals surface area contributed by atoms with Crippen molar-refractivity contribution in [1.82, 2.24) is 5.32 Å². The summed E-state index contributed by atoms with van der Waals surface area (Å²) in [6.07, 6.45) is -0.540. The van der Waals surface area contributed by atoms with Crippen LogP contribution < -0.4 is 10.1 Å². The molecule has 1 unspecified atom stereocenters. The molecular formula is C14H20ClNO3. The number of amides is 1. The number of hydrogen-bond acceptors (Lipinski definition) is 3. The molecule has 0 saturated carbocycles. The fraction of sp³-hybridized carbons (Fsp3) is 0.500. The standard InChI is InChI=1S/C14H20ClNO3/c1-9(2)13(17)7-16-14(18)8-19-11-4-5-12(15)10(3)6-11/h4-6,9,13,17H,7-8H2,1-3H3,(H,16,18). The van der Waals surface area contributed by atoms with Gasteiger partial charge in [0.1, 0.15) is 5.75 Å². The Kier molecular flexibility index (Phi) is 6.12. The number of aryl methyl sites for hydroxylation is 1. The quantitative estimate of drug-likeness (QED) is 0.842. The first kappa shape index (κ1) is 15.8. The second-order valence-corrected chi connectivity index (χ2v) is 5.22. The van der Waals surface area contributed by atoms with Gasteiger partial charge in [0.15, 0.2) is 6.61 Å². The number of benzene rings is 1. The first-order valence-electron chi connectivity index (χ1n) is 6.24. The van der Waals surface area contributed by atoms with Gasteiger partial charge in [0.2, 0.25) is 0 Å². The minimum atomic E-state index is -0.540. The van der Waals surface area contributed by atoms with Crippen LogP contribution in [0.1, 0.15) is 19.4 Å². The maximum absolute atomic E-state index is 11.5. The molecule has 0 radical (unpaired) electrons. The van der Waals surface area contributed by atoms with Crippen LogP contribution in [0, 0.1) is 12.8 Å². The van der Waals surface area contributed by atoms with Gasteiger partial charge >= 0.3 is 0 Å². The summed E-state index contributed by atoms with van der Waals surface area (Å²) in [5.41, 5.74) is 0.898. The molecule has 4 nitrogen and oxygen atoms in total. The second-order valence-electron chi connectivity index (χ2n) is 4.82. The molecule has 0 saturated heterocycles. The Hall–Kier alpha value is -1.26. The van der Waals surface area contributed by atoms with Crippen LogP contribution in [0.25, 0.3) is 0 Å². The van der Waals surface area contributed by atoms with Gasteiger partial charge in [0, 0.05) is 11.6 Å². The van der Waals surface area contributed by atoms with Gasteiger partial charge in [0.25, 0.3) is 5.91 Å². The topological polar surface area (TPSA) is 58.6 Å². The molecular weight excluding hydrogens is 266 g/mol. The number of carbonyl (C=O) groups is 1. The molecule has 0 bridgehead atoms. The fourth-order valence-electron chi connectivity index (χ4n) is 1.36. The molecule has 1 atom stereocenters. The van der Waals surface area contributed by atoms with E-state index in [1.165, 1.54) is 0 Å². The fourth-order valence-corrected chi connectivity index (χ4v) is 1.48. The molecule has 1 rings (SSSR count). The Balaban J connectivity index is 2.35. The van der Waals surface area contributed by atoms with Crippen molar-refractivity contribution >= 4 is 17.5 Å². The maximum Gasteiger partial charge on any atom is 0.258 e. The highest BCUT2D eigenvalue weighted by Crippen LogP contribution is 2.20. The van der Waals surface area contributed by atoms with Crippen molar-refractivity contribution in [3.05, 3.63) is 28.8 Å². The molecule has 0 aliphatic rings.